The van der Waals surface area contributed by atoms with Crippen molar-refractivity contribution in [2.45, 2.75) is 39.7 Å². The van der Waals surface area contributed by atoms with E-state index < -0.39 is 0 Å². The Labute approximate surface area is 98.1 Å². The molecule has 1 aliphatic rings. The first-order valence-corrected chi connectivity index (χ1v) is 6.03. The quantitative estimate of drug-likeness (QED) is 0.673. The van der Waals surface area contributed by atoms with Gasteiger partial charge in [-0.25, -0.2) is 0 Å². The van der Waals surface area contributed by atoms with Gasteiger partial charge in [-0.3, -0.25) is 0 Å². The van der Waals surface area contributed by atoms with Gasteiger partial charge in [0.05, 0.1) is 0 Å². The van der Waals surface area contributed by atoms with Crippen LogP contribution in [-0.2, 0) is 0 Å². The third kappa shape index (κ3) is 2.46. The Morgan fingerprint density at radius 2 is 1.62 bits per heavy atom. The van der Waals surface area contributed by atoms with Crippen molar-refractivity contribution in [3.8, 4) is 5.75 Å². The van der Waals surface area contributed by atoms with Crippen molar-refractivity contribution in [2.75, 3.05) is 0 Å². The number of hydrogen-bond acceptors (Lipinski definition) is 1. The van der Waals surface area contributed by atoms with E-state index in [1.807, 2.05) is 30.3 Å². The second-order valence-electron chi connectivity index (χ2n) is 4.92. The predicted octanol–water partition coefficient (Wildman–Crippen LogP) is 4.20. The van der Waals surface area contributed by atoms with Crippen LogP contribution in [0.25, 0.3) is 0 Å². The molecule has 0 aliphatic heterocycles. The number of allylic oxidation sites excluding steroid dienone is 1. The smallest absolute Gasteiger partial charge is 0.119 e. The van der Waals surface area contributed by atoms with Crippen LogP contribution in [0, 0.1) is 5.92 Å². The molecule has 16 heavy (non-hydrogen) atoms. The zero-order valence-electron chi connectivity index (χ0n) is 10.4. The molecule has 0 radical (unpaired) electrons. The minimum atomic E-state index is 0.339. The maximum absolute atomic E-state index is 6.05. The van der Waals surface area contributed by atoms with Gasteiger partial charge in [-0.15, -0.1) is 0 Å². The Bertz CT molecular complexity index is 378. The van der Waals surface area contributed by atoms with Crippen LogP contribution in [-0.4, -0.2) is 6.10 Å². The number of ether oxygens (including phenoxy) is 1. The summed E-state index contributed by atoms with van der Waals surface area (Å²) in [6.07, 6.45) is 2.58. The lowest BCUT2D eigenvalue weighted by Crippen LogP contribution is -2.29. The lowest BCUT2D eigenvalue weighted by atomic mass is 9.84. The maximum Gasteiger partial charge on any atom is 0.119 e. The van der Waals surface area contributed by atoms with Gasteiger partial charge >= 0.3 is 0 Å². The zero-order valence-corrected chi connectivity index (χ0v) is 10.4. The van der Waals surface area contributed by atoms with E-state index in [9.17, 15) is 0 Å². The molecule has 0 N–H and O–H groups in total. The summed E-state index contributed by atoms with van der Waals surface area (Å²) in [6, 6.07) is 10.1. The fourth-order valence-corrected chi connectivity index (χ4v) is 2.30. The fourth-order valence-electron chi connectivity index (χ4n) is 2.30. The van der Waals surface area contributed by atoms with Crippen LogP contribution in [0.15, 0.2) is 41.5 Å². The molecule has 2 rings (SSSR count). The normalized spacial score (nSPS) is 25.7. The van der Waals surface area contributed by atoms with E-state index >= 15 is 0 Å². The molecule has 0 spiro atoms. The third-order valence-electron chi connectivity index (χ3n) is 3.53. The summed E-state index contributed by atoms with van der Waals surface area (Å²) in [5.41, 5.74) is 3.04. The van der Waals surface area contributed by atoms with Crippen LogP contribution >= 0.6 is 0 Å². The van der Waals surface area contributed by atoms with Crippen molar-refractivity contribution < 1.29 is 4.74 Å². The molecule has 0 aromatic heterocycles. The highest BCUT2D eigenvalue weighted by molar-refractivity contribution is 5.23. The molecule has 1 aromatic carbocycles. The Balaban J connectivity index is 2.07. The van der Waals surface area contributed by atoms with Crippen molar-refractivity contribution in [3.63, 3.8) is 0 Å². The van der Waals surface area contributed by atoms with Crippen molar-refractivity contribution in [3.05, 3.63) is 41.5 Å². The minimum Gasteiger partial charge on any atom is -0.490 e. The molecular weight excluding hydrogens is 196 g/mol. The largest absolute Gasteiger partial charge is 0.490 e. The van der Waals surface area contributed by atoms with Crippen LogP contribution in [0.1, 0.15) is 33.6 Å². The van der Waals surface area contributed by atoms with E-state index in [1.54, 1.807) is 5.57 Å². The van der Waals surface area contributed by atoms with Crippen molar-refractivity contribution in [2.24, 2.45) is 5.92 Å². The molecule has 0 fully saturated rings. The number of benzene rings is 1. The molecule has 0 heterocycles. The second kappa shape index (κ2) is 4.73. The van der Waals surface area contributed by atoms with Gasteiger partial charge in [0.25, 0.3) is 0 Å². The van der Waals surface area contributed by atoms with Gasteiger partial charge in [0, 0.05) is 6.42 Å². The number of rotatable bonds is 2. The summed E-state index contributed by atoms with van der Waals surface area (Å²) in [5, 5.41) is 0. The van der Waals surface area contributed by atoms with Crippen LogP contribution < -0.4 is 4.74 Å². The first kappa shape index (κ1) is 11.3. The van der Waals surface area contributed by atoms with Crippen molar-refractivity contribution in [1.29, 1.82) is 0 Å². The van der Waals surface area contributed by atoms with E-state index in [-0.39, 0.29) is 0 Å². The highest BCUT2D eigenvalue weighted by atomic mass is 16.5. The van der Waals surface area contributed by atoms with Gasteiger partial charge in [0.2, 0.25) is 0 Å². The van der Waals surface area contributed by atoms with E-state index in [4.69, 9.17) is 4.74 Å². The monoisotopic (exact) mass is 216 g/mol. The molecule has 86 valence electrons. The summed E-state index contributed by atoms with van der Waals surface area (Å²) in [6.45, 7) is 6.75. The molecule has 0 amide bonds. The highest BCUT2D eigenvalue weighted by Gasteiger charge is 2.25. The molecule has 1 aliphatic carbocycles. The second-order valence-corrected chi connectivity index (χ2v) is 4.92. The van der Waals surface area contributed by atoms with E-state index in [0.717, 1.165) is 12.2 Å². The Kier molecular flexibility index (Phi) is 3.33. The van der Waals surface area contributed by atoms with Gasteiger partial charge in [-0.2, -0.15) is 0 Å². The maximum atomic E-state index is 6.05. The zero-order chi connectivity index (χ0) is 11.5. The topological polar surface area (TPSA) is 9.23 Å². The van der Waals surface area contributed by atoms with Crippen LogP contribution in [0.4, 0.5) is 0 Å². The molecule has 0 bridgehead atoms. The first-order valence-electron chi connectivity index (χ1n) is 6.03. The SMILES string of the molecule is CC1=C(C)C[C@H](C)[C@@H](Oc2ccccc2)C1. The summed E-state index contributed by atoms with van der Waals surface area (Å²) >= 11 is 0. The summed E-state index contributed by atoms with van der Waals surface area (Å²) in [7, 11) is 0. The molecule has 0 saturated heterocycles. The lowest BCUT2D eigenvalue weighted by molar-refractivity contribution is 0.134. The van der Waals surface area contributed by atoms with Crippen molar-refractivity contribution in [1.82, 2.24) is 0 Å². The minimum absolute atomic E-state index is 0.339. The average molecular weight is 216 g/mol. The van der Waals surface area contributed by atoms with Gasteiger partial charge in [0.15, 0.2) is 0 Å². The predicted molar refractivity (Wildman–Crippen MR) is 67.6 cm³/mol. The van der Waals surface area contributed by atoms with Gasteiger partial charge < -0.3 is 4.74 Å². The Morgan fingerprint density at radius 1 is 1.00 bits per heavy atom. The van der Waals surface area contributed by atoms with E-state index in [1.165, 1.54) is 12.0 Å². The third-order valence-corrected chi connectivity index (χ3v) is 3.53. The number of hydrogen-bond donors (Lipinski definition) is 0. The molecule has 1 heteroatoms. The average Bonchev–Trinajstić information content (AvgIpc) is 2.27. The molecule has 1 aromatic rings. The standard InChI is InChI=1S/C15H20O/c1-11-9-13(3)15(10-12(11)2)16-14-7-5-4-6-8-14/h4-8,13,15H,9-10H2,1-3H3/t13-,15-/m0/s1. The van der Waals surface area contributed by atoms with Gasteiger partial charge in [0.1, 0.15) is 11.9 Å². The lowest BCUT2D eigenvalue weighted by Gasteiger charge is -2.31. The van der Waals surface area contributed by atoms with Gasteiger partial charge in [-0.05, 0) is 38.3 Å². The highest BCUT2D eigenvalue weighted by Crippen LogP contribution is 2.31. The molecular formula is C15H20O. The number of para-hydroxylation sites is 1. The van der Waals surface area contributed by atoms with Gasteiger partial charge in [-0.1, -0.05) is 36.3 Å². The molecule has 2 atom stereocenters. The van der Waals surface area contributed by atoms with E-state index in [0.29, 0.717) is 12.0 Å². The first-order chi connectivity index (χ1) is 7.66. The van der Waals surface area contributed by atoms with Crippen LogP contribution in [0.3, 0.4) is 0 Å². The summed E-state index contributed by atoms with van der Waals surface area (Å²) < 4.78 is 6.05. The van der Waals surface area contributed by atoms with E-state index in [2.05, 4.69) is 20.8 Å². The van der Waals surface area contributed by atoms with Crippen molar-refractivity contribution >= 4 is 0 Å². The molecule has 1 nitrogen and oxygen atoms in total. The fraction of sp³-hybridized carbons (Fsp3) is 0.467. The molecule has 0 saturated carbocycles. The van der Waals surface area contributed by atoms with Crippen LogP contribution in [0.5, 0.6) is 5.75 Å². The Morgan fingerprint density at radius 3 is 2.31 bits per heavy atom. The molecule has 0 unspecified atom stereocenters. The van der Waals surface area contributed by atoms with Crippen LogP contribution in [0.2, 0.25) is 0 Å². The summed E-state index contributed by atoms with van der Waals surface area (Å²) in [4.78, 5) is 0. The Hall–Kier alpha value is -1.24. The summed E-state index contributed by atoms with van der Waals surface area (Å²) in [5.74, 6) is 1.61.